The lowest BCUT2D eigenvalue weighted by atomic mass is 10.4. The van der Waals surface area contributed by atoms with Crippen molar-refractivity contribution in [2.24, 2.45) is 0 Å². The molecule has 0 radical (unpaired) electrons. The van der Waals surface area contributed by atoms with Crippen molar-refractivity contribution in [1.29, 1.82) is 0 Å². The predicted octanol–water partition coefficient (Wildman–Crippen LogP) is 2.05. The zero-order valence-electron chi connectivity index (χ0n) is 10.5. The molecule has 1 atom stereocenters. The summed E-state index contributed by atoms with van der Waals surface area (Å²) >= 11 is 6.71. The number of rotatable bonds is 6. The summed E-state index contributed by atoms with van der Waals surface area (Å²) < 4.78 is 43.8. The molecule has 0 saturated carbocycles. The van der Waals surface area contributed by atoms with Gasteiger partial charge < -0.3 is 9.42 Å². The average molecular weight is 371 g/mol. The smallest absolute Gasteiger partial charge is 0.391 e. The van der Waals surface area contributed by atoms with E-state index in [1.165, 1.54) is 22.8 Å². The highest BCUT2D eigenvalue weighted by Gasteiger charge is 2.26. The van der Waals surface area contributed by atoms with Crippen LogP contribution in [-0.2, 0) is 19.1 Å². The van der Waals surface area contributed by atoms with Gasteiger partial charge in [0, 0.05) is 11.8 Å². The first kappa shape index (κ1) is 16.5. The van der Waals surface area contributed by atoms with Crippen molar-refractivity contribution in [3.05, 3.63) is 41.6 Å². The molecule has 1 aromatic heterocycles. The molecule has 0 spiro atoms. The van der Waals surface area contributed by atoms with Crippen molar-refractivity contribution in [2.75, 3.05) is 12.8 Å². The van der Waals surface area contributed by atoms with Crippen LogP contribution in [0.5, 0.6) is 0 Å². The van der Waals surface area contributed by atoms with Crippen molar-refractivity contribution >= 4 is 40.7 Å². The normalized spacial score (nSPS) is 18.2. The van der Waals surface area contributed by atoms with Crippen LogP contribution in [0.15, 0.2) is 45.8 Å². The Morgan fingerprint density at radius 1 is 1.57 bits per heavy atom. The highest BCUT2D eigenvalue weighted by molar-refractivity contribution is 7.91. The maximum Gasteiger partial charge on any atom is 0.391 e. The second-order valence-electron chi connectivity index (χ2n) is 3.98. The second kappa shape index (κ2) is 6.51. The monoisotopic (exact) mass is 370 g/mol. The fraction of sp³-hybridized carbons (Fsp3) is 0.200. The first-order chi connectivity index (χ1) is 9.78. The molecule has 2 heterocycles. The van der Waals surface area contributed by atoms with Crippen LogP contribution in [0.1, 0.15) is 0 Å². The van der Waals surface area contributed by atoms with Gasteiger partial charge in [0.1, 0.15) is 16.3 Å². The Labute approximate surface area is 131 Å². The van der Waals surface area contributed by atoms with Crippen molar-refractivity contribution in [3.8, 4) is 0 Å². The summed E-state index contributed by atoms with van der Waals surface area (Å²) in [6.45, 7) is 0.440. The van der Waals surface area contributed by atoms with E-state index in [0.717, 1.165) is 11.3 Å². The highest BCUT2D eigenvalue weighted by atomic mass is 35.5. The Kier molecular flexibility index (Phi) is 5.13. The number of hydrogen-bond acceptors (Lipinski definition) is 6. The quantitative estimate of drug-likeness (QED) is 0.587. The molecular formula is C10H12ClN2O5PS2. The van der Waals surface area contributed by atoms with Crippen LogP contribution in [0, 0.1) is 0 Å². The van der Waals surface area contributed by atoms with Crippen molar-refractivity contribution < 1.29 is 22.4 Å². The largest absolute Gasteiger partial charge is 0.422 e. The molecule has 7 nitrogen and oxygen atoms in total. The Balaban J connectivity index is 1.99. The van der Waals surface area contributed by atoms with Crippen molar-refractivity contribution in [3.63, 3.8) is 0 Å². The van der Waals surface area contributed by atoms with E-state index < -0.39 is 23.9 Å². The number of allylic oxidation sites excluding steroid dienone is 1. The van der Waals surface area contributed by atoms with Crippen LogP contribution in [0.2, 0.25) is 0 Å². The summed E-state index contributed by atoms with van der Waals surface area (Å²) in [7, 11) is -8.00. The number of thiophene rings is 1. The van der Waals surface area contributed by atoms with Gasteiger partial charge in [-0.2, -0.15) is 4.72 Å². The Morgan fingerprint density at radius 3 is 2.95 bits per heavy atom. The van der Waals surface area contributed by atoms with Gasteiger partial charge >= 0.3 is 7.60 Å². The van der Waals surface area contributed by atoms with E-state index >= 15 is 0 Å². The van der Waals surface area contributed by atoms with Gasteiger partial charge in [0.25, 0.3) is 10.0 Å². The first-order valence-corrected chi connectivity index (χ1v) is 10.1. The Morgan fingerprint density at radius 2 is 2.33 bits per heavy atom. The van der Waals surface area contributed by atoms with Crippen LogP contribution < -0.4 is 4.72 Å². The molecule has 0 aliphatic carbocycles. The van der Waals surface area contributed by atoms with Crippen molar-refractivity contribution in [2.45, 2.75) is 4.21 Å². The van der Waals surface area contributed by atoms with E-state index in [9.17, 15) is 17.9 Å². The van der Waals surface area contributed by atoms with E-state index in [2.05, 4.69) is 0 Å². The maximum atomic E-state index is 11.9. The molecule has 116 valence electrons. The number of nitrogens with one attached hydrogen (secondary N) is 1. The first-order valence-electron chi connectivity index (χ1n) is 5.64. The van der Waals surface area contributed by atoms with Crippen LogP contribution in [0.25, 0.3) is 0 Å². The Hall–Kier alpha value is -0.830. The SMILES string of the molecule is O=P(O)(CNS(=O)(=O)c1cccs1)OC1=CN(Cl)CC=C1. The van der Waals surface area contributed by atoms with Gasteiger partial charge in [0.2, 0.25) is 0 Å². The average Bonchev–Trinajstić information content (AvgIpc) is 2.91. The maximum absolute atomic E-state index is 11.9. The van der Waals surface area contributed by atoms with Crippen LogP contribution in [0.4, 0.5) is 0 Å². The van der Waals surface area contributed by atoms with Gasteiger partial charge in [-0.05, 0) is 17.5 Å². The third kappa shape index (κ3) is 4.84. The van der Waals surface area contributed by atoms with Gasteiger partial charge in [-0.15, -0.1) is 11.3 Å². The molecule has 1 aromatic rings. The number of nitrogens with zero attached hydrogens (tertiary/aromatic N) is 1. The second-order valence-corrected chi connectivity index (χ2v) is 9.13. The molecule has 1 unspecified atom stereocenters. The fourth-order valence-electron chi connectivity index (χ4n) is 1.41. The van der Waals surface area contributed by atoms with Crippen molar-refractivity contribution in [1.82, 2.24) is 9.14 Å². The van der Waals surface area contributed by atoms with E-state index in [4.69, 9.17) is 16.3 Å². The minimum absolute atomic E-state index is 0.0613. The summed E-state index contributed by atoms with van der Waals surface area (Å²) in [6, 6.07) is 2.97. The molecule has 0 saturated heterocycles. The number of halogens is 1. The van der Waals surface area contributed by atoms with Gasteiger partial charge in [-0.3, -0.25) is 4.42 Å². The zero-order chi connectivity index (χ0) is 15.5. The summed E-state index contributed by atoms with van der Waals surface area (Å²) in [6.07, 6.45) is 3.71. The fourth-order valence-corrected chi connectivity index (χ4v) is 5.12. The minimum Gasteiger partial charge on any atom is -0.422 e. The summed E-state index contributed by atoms with van der Waals surface area (Å²) in [5, 5.41) is 1.59. The molecule has 0 fully saturated rings. The van der Waals surface area contributed by atoms with Gasteiger partial charge in [-0.25, -0.2) is 13.0 Å². The third-order valence-electron chi connectivity index (χ3n) is 2.29. The minimum atomic E-state index is -4.18. The lowest BCUT2D eigenvalue weighted by molar-refractivity contribution is 0.325. The third-order valence-corrected chi connectivity index (χ3v) is 6.59. The van der Waals surface area contributed by atoms with E-state index in [1.807, 2.05) is 4.72 Å². The summed E-state index contributed by atoms with van der Waals surface area (Å²) in [5.74, 6) is 0.0809. The Bertz CT molecular complexity index is 701. The molecule has 0 amide bonds. The van der Waals surface area contributed by atoms with E-state index in [-0.39, 0.29) is 9.97 Å². The standard InChI is InChI=1S/C10H12ClN2O5PS2/c11-13-5-1-3-9(7-13)18-19(14,15)8-12-21(16,17)10-4-2-6-20-10/h1-4,6-7,12H,5,8H2,(H,14,15). The zero-order valence-corrected chi connectivity index (χ0v) is 13.8. The van der Waals surface area contributed by atoms with E-state index in [0.29, 0.717) is 6.54 Å². The summed E-state index contributed by atoms with van der Waals surface area (Å²) in [4.78, 5) is 9.69. The molecular weight excluding hydrogens is 359 g/mol. The van der Waals surface area contributed by atoms with E-state index in [1.54, 1.807) is 17.5 Å². The van der Waals surface area contributed by atoms with Crippen LogP contribution in [0.3, 0.4) is 0 Å². The molecule has 1 aliphatic rings. The number of sulfonamides is 1. The molecule has 21 heavy (non-hydrogen) atoms. The summed E-state index contributed by atoms with van der Waals surface area (Å²) in [5.41, 5.74) is 0. The van der Waals surface area contributed by atoms with Gasteiger partial charge in [0.15, 0.2) is 0 Å². The number of hydrogen-bond donors (Lipinski definition) is 2. The highest BCUT2D eigenvalue weighted by Crippen LogP contribution is 2.44. The molecule has 0 bridgehead atoms. The predicted molar refractivity (Wildman–Crippen MR) is 80.2 cm³/mol. The van der Waals surface area contributed by atoms with Crippen LogP contribution >= 0.6 is 30.7 Å². The molecule has 1 aliphatic heterocycles. The van der Waals surface area contributed by atoms with Gasteiger partial charge in [0.05, 0.1) is 12.7 Å². The molecule has 2 N–H and O–H groups in total. The lowest BCUT2D eigenvalue weighted by Gasteiger charge is -2.18. The molecule has 0 aromatic carbocycles. The lowest BCUT2D eigenvalue weighted by Crippen LogP contribution is -2.24. The molecule has 11 heteroatoms. The topological polar surface area (TPSA) is 95.9 Å². The van der Waals surface area contributed by atoms with Crippen LogP contribution in [-0.4, -0.2) is 30.6 Å². The molecule has 2 rings (SSSR count). The van der Waals surface area contributed by atoms with Gasteiger partial charge in [-0.1, -0.05) is 12.1 Å².